The van der Waals surface area contributed by atoms with Crippen LogP contribution in [0.5, 0.6) is 0 Å². The molecule has 6 nitrogen and oxygen atoms in total. The quantitative estimate of drug-likeness (QED) is 0.318. The van der Waals surface area contributed by atoms with Crippen LogP contribution < -0.4 is 0 Å². The number of hydrogen-bond acceptors (Lipinski definition) is 4. The lowest BCUT2D eigenvalue weighted by molar-refractivity contribution is -0.162. The van der Waals surface area contributed by atoms with Crippen molar-refractivity contribution < 1.29 is 19.1 Å². The molecule has 0 unspecified atom stereocenters. The molecule has 4 rings (SSSR count). The number of fused-ring (bicyclic) bond motifs is 2. The fourth-order valence-corrected chi connectivity index (χ4v) is 4.60. The van der Waals surface area contributed by atoms with Gasteiger partial charge in [-0.25, -0.2) is 0 Å². The van der Waals surface area contributed by atoms with Gasteiger partial charge in [-0.1, -0.05) is 36.4 Å². The van der Waals surface area contributed by atoms with E-state index in [4.69, 9.17) is 9.47 Å². The molecule has 6 heteroatoms. The van der Waals surface area contributed by atoms with E-state index < -0.39 is 23.8 Å². The van der Waals surface area contributed by atoms with Crippen molar-refractivity contribution in [2.75, 3.05) is 13.2 Å². The van der Waals surface area contributed by atoms with Crippen LogP contribution in [0, 0.1) is 5.92 Å². The zero-order valence-electron chi connectivity index (χ0n) is 18.9. The molecule has 4 aromatic rings. The van der Waals surface area contributed by atoms with Crippen molar-refractivity contribution in [1.29, 1.82) is 0 Å². The monoisotopic (exact) mass is 432 g/mol. The van der Waals surface area contributed by atoms with Crippen LogP contribution in [0.15, 0.2) is 60.9 Å². The maximum absolute atomic E-state index is 13.2. The molecule has 0 aliphatic heterocycles. The van der Waals surface area contributed by atoms with Gasteiger partial charge in [0, 0.05) is 54.2 Å². The Labute approximate surface area is 187 Å². The first-order valence-electron chi connectivity index (χ1n) is 10.9. The number of para-hydroxylation sites is 2. The third-order valence-corrected chi connectivity index (χ3v) is 5.94. The molecular weight excluding hydrogens is 404 g/mol. The summed E-state index contributed by atoms with van der Waals surface area (Å²) in [4.78, 5) is 26.4. The van der Waals surface area contributed by atoms with Gasteiger partial charge in [-0.15, -0.1) is 0 Å². The molecule has 0 atom stereocenters. The number of hydrogen-bond donors (Lipinski definition) is 0. The summed E-state index contributed by atoms with van der Waals surface area (Å²) < 4.78 is 14.8. The minimum Gasteiger partial charge on any atom is -0.465 e. The Morgan fingerprint density at radius 3 is 1.56 bits per heavy atom. The third-order valence-electron chi connectivity index (χ3n) is 5.94. The molecule has 0 radical (unpaired) electrons. The number of rotatable bonds is 7. The highest BCUT2D eigenvalue weighted by atomic mass is 16.6. The van der Waals surface area contributed by atoms with E-state index in [0.29, 0.717) is 0 Å². The van der Waals surface area contributed by atoms with Crippen molar-refractivity contribution in [1.82, 2.24) is 9.13 Å². The van der Waals surface area contributed by atoms with Gasteiger partial charge in [-0.3, -0.25) is 9.59 Å². The predicted molar refractivity (Wildman–Crippen MR) is 124 cm³/mol. The highest BCUT2D eigenvalue weighted by molar-refractivity contribution is 5.99. The van der Waals surface area contributed by atoms with Gasteiger partial charge in [-0.2, -0.15) is 0 Å². The van der Waals surface area contributed by atoms with E-state index in [0.717, 1.165) is 32.9 Å². The number of aryl methyl sites for hydroxylation is 2. The fraction of sp³-hybridized carbons (Fsp3) is 0.308. The highest BCUT2D eigenvalue weighted by Gasteiger charge is 2.41. The van der Waals surface area contributed by atoms with Crippen LogP contribution >= 0.6 is 0 Å². The molecular formula is C26H28N2O4. The highest BCUT2D eigenvalue weighted by Crippen LogP contribution is 2.41. The lowest BCUT2D eigenvalue weighted by Crippen LogP contribution is -2.34. The molecule has 166 valence electrons. The normalized spacial score (nSPS) is 11.6. The van der Waals surface area contributed by atoms with Gasteiger partial charge in [0.2, 0.25) is 0 Å². The number of benzene rings is 2. The largest absolute Gasteiger partial charge is 0.465 e. The van der Waals surface area contributed by atoms with Crippen molar-refractivity contribution in [3.63, 3.8) is 0 Å². The van der Waals surface area contributed by atoms with Gasteiger partial charge < -0.3 is 18.6 Å². The number of carbonyl (C=O) groups excluding carboxylic acids is 2. The Morgan fingerprint density at radius 1 is 0.750 bits per heavy atom. The minimum atomic E-state index is -1.12. The second-order valence-electron chi connectivity index (χ2n) is 7.88. The van der Waals surface area contributed by atoms with Crippen molar-refractivity contribution in [2.24, 2.45) is 20.0 Å². The van der Waals surface area contributed by atoms with Gasteiger partial charge in [0.25, 0.3) is 0 Å². The van der Waals surface area contributed by atoms with Gasteiger partial charge in [0.05, 0.1) is 13.2 Å². The van der Waals surface area contributed by atoms with Crippen molar-refractivity contribution in [2.45, 2.75) is 19.8 Å². The number of aromatic nitrogens is 2. The van der Waals surface area contributed by atoms with Crippen molar-refractivity contribution in [3.05, 3.63) is 72.1 Å². The molecule has 0 spiro atoms. The summed E-state index contributed by atoms with van der Waals surface area (Å²) in [7, 11) is 3.94. The van der Waals surface area contributed by atoms with E-state index in [1.54, 1.807) is 13.8 Å². The van der Waals surface area contributed by atoms with Crippen LogP contribution in [-0.4, -0.2) is 34.3 Å². The Hall–Kier alpha value is -3.54. The van der Waals surface area contributed by atoms with Crippen LogP contribution in [0.1, 0.15) is 30.9 Å². The van der Waals surface area contributed by atoms with Crippen molar-refractivity contribution in [3.8, 4) is 0 Å². The molecule has 0 aliphatic carbocycles. The summed E-state index contributed by atoms with van der Waals surface area (Å²) in [5.74, 6) is -2.83. The van der Waals surface area contributed by atoms with Gasteiger partial charge >= 0.3 is 11.9 Å². The van der Waals surface area contributed by atoms with Crippen LogP contribution in [0.4, 0.5) is 0 Å². The zero-order valence-corrected chi connectivity index (χ0v) is 18.9. The van der Waals surface area contributed by atoms with E-state index in [1.165, 1.54) is 0 Å². The average molecular weight is 433 g/mol. The molecule has 2 heterocycles. The summed E-state index contributed by atoms with van der Waals surface area (Å²) in [5, 5.41) is 1.98. The summed E-state index contributed by atoms with van der Waals surface area (Å²) >= 11 is 0. The summed E-state index contributed by atoms with van der Waals surface area (Å²) in [5.41, 5.74) is 3.84. The molecule has 2 aromatic carbocycles. The Morgan fingerprint density at radius 2 is 1.16 bits per heavy atom. The predicted octanol–water partition coefficient (Wildman–Crippen LogP) is 4.54. The smallest absolute Gasteiger partial charge is 0.321 e. The number of ether oxygens (including phenoxy) is 2. The van der Waals surface area contributed by atoms with Crippen LogP contribution in [0.2, 0.25) is 0 Å². The van der Waals surface area contributed by atoms with Gasteiger partial charge in [0.15, 0.2) is 5.92 Å². The molecule has 2 aromatic heterocycles. The zero-order chi connectivity index (χ0) is 22.8. The standard InChI is InChI=1S/C26H28N2O4/c1-5-31-25(29)24(26(30)32-6-2)23(19-15-27(3)21-13-9-7-11-17(19)21)20-16-28(4)22-14-10-8-12-18(20)22/h7-16,23-24H,5-6H2,1-4H3. The molecule has 0 amide bonds. The maximum Gasteiger partial charge on any atom is 0.321 e. The summed E-state index contributed by atoms with van der Waals surface area (Å²) in [6, 6.07) is 16.0. The van der Waals surface area contributed by atoms with E-state index in [-0.39, 0.29) is 13.2 Å². The van der Waals surface area contributed by atoms with E-state index in [9.17, 15) is 9.59 Å². The van der Waals surface area contributed by atoms with E-state index >= 15 is 0 Å². The van der Waals surface area contributed by atoms with Crippen LogP contribution in [0.25, 0.3) is 21.8 Å². The van der Waals surface area contributed by atoms with E-state index in [2.05, 4.69) is 0 Å². The Balaban J connectivity index is 2.03. The molecule has 0 bridgehead atoms. The number of nitrogens with zero attached hydrogens (tertiary/aromatic N) is 2. The lowest BCUT2D eigenvalue weighted by atomic mass is 9.80. The first kappa shape index (κ1) is 21.7. The Kier molecular flexibility index (Phi) is 6.04. The fourth-order valence-electron chi connectivity index (χ4n) is 4.60. The van der Waals surface area contributed by atoms with E-state index in [1.807, 2.05) is 84.2 Å². The number of carbonyl (C=O) groups is 2. The summed E-state index contributed by atoms with van der Waals surface area (Å²) in [6.07, 6.45) is 4.01. The molecule has 0 N–H and O–H groups in total. The minimum absolute atomic E-state index is 0.187. The van der Waals surface area contributed by atoms with Crippen molar-refractivity contribution >= 4 is 33.7 Å². The average Bonchev–Trinajstić information content (AvgIpc) is 3.30. The topological polar surface area (TPSA) is 62.5 Å². The molecule has 0 saturated carbocycles. The Bertz CT molecular complexity index is 1190. The number of esters is 2. The van der Waals surface area contributed by atoms with Crippen LogP contribution in [-0.2, 0) is 33.2 Å². The molecule has 0 saturated heterocycles. The lowest BCUT2D eigenvalue weighted by Gasteiger charge is -2.24. The molecule has 32 heavy (non-hydrogen) atoms. The molecule has 0 fully saturated rings. The van der Waals surface area contributed by atoms with Crippen LogP contribution in [0.3, 0.4) is 0 Å². The second-order valence-corrected chi connectivity index (χ2v) is 7.88. The third kappa shape index (κ3) is 3.66. The first-order valence-corrected chi connectivity index (χ1v) is 10.9. The maximum atomic E-state index is 13.2. The SMILES string of the molecule is CCOC(=O)C(C(=O)OCC)C(c1cn(C)c2ccccc12)c1cn(C)c2ccccc12. The second kappa shape index (κ2) is 8.91. The van der Waals surface area contributed by atoms with Gasteiger partial charge in [-0.05, 0) is 37.1 Å². The summed E-state index contributed by atoms with van der Waals surface area (Å²) in [6.45, 7) is 3.86. The van der Waals surface area contributed by atoms with Gasteiger partial charge in [0.1, 0.15) is 0 Å². The molecule has 0 aliphatic rings. The first-order chi connectivity index (χ1) is 15.5.